The van der Waals surface area contributed by atoms with Gasteiger partial charge in [0.15, 0.2) is 0 Å². The molecule has 1 aromatic carbocycles. The monoisotopic (exact) mass is 287 g/mol. The van der Waals surface area contributed by atoms with Gasteiger partial charge in [0.1, 0.15) is 5.69 Å². The van der Waals surface area contributed by atoms with Crippen LogP contribution >= 0.6 is 11.6 Å². The summed E-state index contributed by atoms with van der Waals surface area (Å²) in [7, 11) is 0. The Morgan fingerprint density at radius 1 is 1.40 bits per heavy atom. The molecule has 0 aliphatic rings. The van der Waals surface area contributed by atoms with E-state index in [9.17, 15) is 4.79 Å². The molecule has 0 spiro atoms. The number of aromatic carboxylic acids is 1. The molecule has 2 rings (SSSR count). The fourth-order valence-corrected chi connectivity index (χ4v) is 1.83. The normalized spacial score (nSPS) is 9.80. The Kier molecular flexibility index (Phi) is 4.18. The standard InChI is InChI=1S/C14H10ClN3O2/c15-11-5-9(6-16)1-3-12(11)17-7-10-2-4-13(14(19)20)18-8-10/h1-5,8,17H,7H2,(H,19,20). The zero-order chi connectivity index (χ0) is 14.5. The van der Waals surface area contributed by atoms with Gasteiger partial charge in [-0.3, -0.25) is 0 Å². The maximum absolute atomic E-state index is 10.7. The number of hydrogen-bond acceptors (Lipinski definition) is 4. The number of carboxylic acids is 1. The number of nitrogens with zero attached hydrogens (tertiary/aromatic N) is 2. The van der Waals surface area contributed by atoms with E-state index in [1.807, 2.05) is 6.07 Å². The minimum absolute atomic E-state index is 0.00477. The quantitative estimate of drug-likeness (QED) is 0.903. The van der Waals surface area contributed by atoms with Crippen LogP contribution < -0.4 is 5.32 Å². The molecule has 1 aromatic heterocycles. The fraction of sp³-hybridized carbons (Fsp3) is 0.0714. The minimum Gasteiger partial charge on any atom is -0.477 e. The Morgan fingerprint density at radius 2 is 2.20 bits per heavy atom. The molecule has 20 heavy (non-hydrogen) atoms. The molecule has 0 bridgehead atoms. The van der Waals surface area contributed by atoms with Crippen LogP contribution in [-0.2, 0) is 6.54 Å². The minimum atomic E-state index is -1.06. The Bertz CT molecular complexity index is 678. The molecule has 2 aromatic rings. The second-order valence-electron chi connectivity index (χ2n) is 4.02. The van der Waals surface area contributed by atoms with Crippen LogP contribution in [0.15, 0.2) is 36.5 Å². The molecule has 5 nitrogen and oxygen atoms in total. The highest BCUT2D eigenvalue weighted by Gasteiger charge is 2.05. The first kappa shape index (κ1) is 13.8. The van der Waals surface area contributed by atoms with E-state index < -0.39 is 5.97 Å². The van der Waals surface area contributed by atoms with Gasteiger partial charge >= 0.3 is 5.97 Å². The van der Waals surface area contributed by atoms with Gasteiger partial charge in [0.05, 0.1) is 22.3 Å². The zero-order valence-electron chi connectivity index (χ0n) is 10.3. The third-order valence-electron chi connectivity index (χ3n) is 2.63. The van der Waals surface area contributed by atoms with Gasteiger partial charge in [-0.05, 0) is 29.8 Å². The van der Waals surface area contributed by atoms with E-state index in [1.165, 1.54) is 12.3 Å². The van der Waals surface area contributed by atoms with Gasteiger partial charge in [-0.15, -0.1) is 0 Å². The number of nitrogens with one attached hydrogen (secondary N) is 1. The Hall–Kier alpha value is -2.58. The molecule has 0 fully saturated rings. The van der Waals surface area contributed by atoms with Crippen molar-refractivity contribution in [1.82, 2.24) is 4.98 Å². The Labute approximate surface area is 120 Å². The maximum atomic E-state index is 10.7. The number of pyridine rings is 1. The third kappa shape index (κ3) is 3.25. The number of halogens is 1. The van der Waals surface area contributed by atoms with Gasteiger partial charge in [-0.25, -0.2) is 9.78 Å². The largest absolute Gasteiger partial charge is 0.477 e. The lowest BCUT2D eigenvalue weighted by molar-refractivity contribution is 0.0690. The van der Waals surface area contributed by atoms with Gasteiger partial charge in [0, 0.05) is 12.7 Å². The number of rotatable bonds is 4. The van der Waals surface area contributed by atoms with Gasteiger partial charge in [-0.1, -0.05) is 17.7 Å². The van der Waals surface area contributed by atoms with Gasteiger partial charge in [0.2, 0.25) is 0 Å². The first-order chi connectivity index (χ1) is 9.60. The lowest BCUT2D eigenvalue weighted by Crippen LogP contribution is -2.03. The number of aromatic nitrogens is 1. The van der Waals surface area contributed by atoms with E-state index in [0.29, 0.717) is 22.8 Å². The van der Waals surface area contributed by atoms with E-state index in [-0.39, 0.29) is 5.69 Å². The number of carbonyl (C=O) groups is 1. The lowest BCUT2D eigenvalue weighted by Gasteiger charge is -2.08. The molecular formula is C14H10ClN3O2. The molecular weight excluding hydrogens is 278 g/mol. The molecule has 0 saturated carbocycles. The number of benzene rings is 1. The van der Waals surface area contributed by atoms with E-state index in [1.54, 1.807) is 24.3 Å². The Morgan fingerprint density at radius 3 is 2.75 bits per heavy atom. The van der Waals surface area contributed by atoms with E-state index in [4.69, 9.17) is 22.0 Å². The fourth-order valence-electron chi connectivity index (χ4n) is 1.58. The van der Waals surface area contributed by atoms with Crippen molar-refractivity contribution in [3.05, 3.63) is 58.4 Å². The molecule has 0 saturated heterocycles. The smallest absolute Gasteiger partial charge is 0.354 e. The number of hydrogen-bond donors (Lipinski definition) is 2. The number of carboxylic acid groups (broad SMARTS) is 1. The molecule has 1 heterocycles. The van der Waals surface area contributed by atoms with Crippen molar-refractivity contribution in [2.75, 3.05) is 5.32 Å². The summed E-state index contributed by atoms with van der Waals surface area (Å²) < 4.78 is 0. The number of anilines is 1. The molecule has 0 atom stereocenters. The first-order valence-corrected chi connectivity index (χ1v) is 6.09. The van der Waals surface area contributed by atoms with Crippen LogP contribution in [0.5, 0.6) is 0 Å². The molecule has 6 heteroatoms. The second kappa shape index (κ2) is 6.04. The van der Waals surface area contributed by atoms with Crippen LogP contribution in [0.2, 0.25) is 5.02 Å². The summed E-state index contributed by atoms with van der Waals surface area (Å²) in [5.74, 6) is -1.06. The summed E-state index contributed by atoms with van der Waals surface area (Å²) in [5.41, 5.74) is 2.03. The molecule has 0 radical (unpaired) electrons. The Balaban J connectivity index is 2.05. The average molecular weight is 288 g/mol. The highest BCUT2D eigenvalue weighted by molar-refractivity contribution is 6.33. The maximum Gasteiger partial charge on any atom is 0.354 e. The summed E-state index contributed by atoms with van der Waals surface area (Å²) >= 11 is 6.03. The van der Waals surface area contributed by atoms with Crippen molar-refractivity contribution in [3.8, 4) is 6.07 Å². The van der Waals surface area contributed by atoms with Crippen LogP contribution in [0.1, 0.15) is 21.6 Å². The number of nitriles is 1. The summed E-state index contributed by atoms with van der Waals surface area (Å²) in [4.78, 5) is 14.5. The zero-order valence-corrected chi connectivity index (χ0v) is 11.1. The van der Waals surface area contributed by atoms with Crippen molar-refractivity contribution in [2.24, 2.45) is 0 Å². The van der Waals surface area contributed by atoms with Crippen molar-refractivity contribution in [3.63, 3.8) is 0 Å². The van der Waals surface area contributed by atoms with Crippen LogP contribution in [0.4, 0.5) is 5.69 Å². The highest BCUT2D eigenvalue weighted by Crippen LogP contribution is 2.23. The molecule has 0 unspecified atom stereocenters. The lowest BCUT2D eigenvalue weighted by atomic mass is 10.2. The molecule has 0 aliphatic heterocycles. The van der Waals surface area contributed by atoms with Gasteiger partial charge in [-0.2, -0.15) is 5.26 Å². The predicted octanol–water partition coefficient (Wildman–Crippen LogP) is 2.92. The topological polar surface area (TPSA) is 86.0 Å². The third-order valence-corrected chi connectivity index (χ3v) is 2.94. The van der Waals surface area contributed by atoms with E-state index >= 15 is 0 Å². The van der Waals surface area contributed by atoms with Crippen molar-refractivity contribution in [1.29, 1.82) is 5.26 Å². The SMILES string of the molecule is N#Cc1ccc(NCc2ccc(C(=O)O)nc2)c(Cl)c1. The van der Waals surface area contributed by atoms with Crippen LogP contribution in [0, 0.1) is 11.3 Å². The van der Waals surface area contributed by atoms with Crippen LogP contribution in [0.25, 0.3) is 0 Å². The molecule has 0 amide bonds. The van der Waals surface area contributed by atoms with Crippen molar-refractivity contribution < 1.29 is 9.90 Å². The van der Waals surface area contributed by atoms with Crippen molar-refractivity contribution >= 4 is 23.3 Å². The predicted molar refractivity (Wildman–Crippen MR) is 74.7 cm³/mol. The first-order valence-electron chi connectivity index (χ1n) is 5.72. The summed E-state index contributed by atoms with van der Waals surface area (Å²) in [6.07, 6.45) is 1.49. The van der Waals surface area contributed by atoms with E-state index in [0.717, 1.165) is 5.56 Å². The molecule has 0 aliphatic carbocycles. The van der Waals surface area contributed by atoms with E-state index in [2.05, 4.69) is 10.3 Å². The van der Waals surface area contributed by atoms with Crippen LogP contribution in [0.3, 0.4) is 0 Å². The van der Waals surface area contributed by atoms with Crippen LogP contribution in [-0.4, -0.2) is 16.1 Å². The molecule has 100 valence electrons. The highest BCUT2D eigenvalue weighted by atomic mass is 35.5. The van der Waals surface area contributed by atoms with Gasteiger partial charge < -0.3 is 10.4 Å². The average Bonchev–Trinajstić information content (AvgIpc) is 2.46. The molecule has 2 N–H and O–H groups in total. The summed E-state index contributed by atoms with van der Waals surface area (Å²) in [5, 5.41) is 21.1. The summed E-state index contributed by atoms with van der Waals surface area (Å²) in [6, 6.07) is 10.1. The second-order valence-corrected chi connectivity index (χ2v) is 4.42. The van der Waals surface area contributed by atoms with Gasteiger partial charge in [0.25, 0.3) is 0 Å². The summed E-state index contributed by atoms with van der Waals surface area (Å²) in [6.45, 7) is 0.457. The van der Waals surface area contributed by atoms with Crippen molar-refractivity contribution in [2.45, 2.75) is 6.54 Å².